The van der Waals surface area contributed by atoms with Crippen molar-refractivity contribution in [3.63, 3.8) is 0 Å². The zero-order chi connectivity index (χ0) is 12.5. The Hall–Kier alpha value is -1.02. The fourth-order valence-corrected chi connectivity index (χ4v) is 2.31. The first kappa shape index (κ1) is 12.4. The highest BCUT2D eigenvalue weighted by molar-refractivity contribution is 5.32. The van der Waals surface area contributed by atoms with Gasteiger partial charge >= 0.3 is 0 Å². The molecule has 1 saturated carbocycles. The Morgan fingerprint density at radius 3 is 2.59 bits per heavy atom. The Bertz CT molecular complexity index is 381. The lowest BCUT2D eigenvalue weighted by Crippen LogP contribution is -2.19. The fourth-order valence-electron chi connectivity index (χ4n) is 2.31. The Kier molecular flexibility index (Phi) is 3.43. The van der Waals surface area contributed by atoms with Gasteiger partial charge in [-0.3, -0.25) is 0 Å². The molecule has 1 aliphatic carbocycles. The number of benzene rings is 1. The van der Waals surface area contributed by atoms with Gasteiger partial charge in [-0.2, -0.15) is 0 Å². The van der Waals surface area contributed by atoms with Crippen LogP contribution in [0.3, 0.4) is 0 Å². The number of hydrogen-bond donors (Lipinski definition) is 1. The van der Waals surface area contributed by atoms with E-state index in [0.717, 1.165) is 25.0 Å². The first-order valence-electron chi connectivity index (χ1n) is 6.48. The molecular formula is C15H23NO. The fraction of sp³-hybridized carbons (Fsp3) is 0.600. The molecule has 1 aromatic rings. The van der Waals surface area contributed by atoms with Gasteiger partial charge in [-0.05, 0) is 42.4 Å². The minimum atomic E-state index is 0.172. The average molecular weight is 233 g/mol. The zero-order valence-corrected chi connectivity index (χ0v) is 11.1. The first-order valence-corrected chi connectivity index (χ1v) is 6.48. The third-order valence-corrected chi connectivity index (χ3v) is 3.43. The van der Waals surface area contributed by atoms with Gasteiger partial charge in [-0.25, -0.2) is 0 Å². The Balaban J connectivity index is 2.06. The first-order chi connectivity index (χ1) is 7.95. The van der Waals surface area contributed by atoms with Gasteiger partial charge in [0.25, 0.3) is 0 Å². The maximum absolute atomic E-state index is 6.00. The summed E-state index contributed by atoms with van der Waals surface area (Å²) in [5, 5.41) is 0. The summed E-state index contributed by atoms with van der Waals surface area (Å²) >= 11 is 0. The predicted octanol–water partition coefficient (Wildman–Crippen LogP) is 3.24. The molecule has 0 heterocycles. The van der Waals surface area contributed by atoms with Crippen LogP contribution in [0.1, 0.15) is 45.6 Å². The van der Waals surface area contributed by atoms with Crippen molar-refractivity contribution in [3.8, 4) is 5.75 Å². The van der Waals surface area contributed by atoms with Gasteiger partial charge in [0, 0.05) is 6.04 Å². The SMILES string of the molecule is CC(C)(C)c1cccc(OC2CCC(N)C2)c1. The summed E-state index contributed by atoms with van der Waals surface area (Å²) < 4.78 is 6.00. The van der Waals surface area contributed by atoms with E-state index in [-0.39, 0.29) is 5.41 Å². The third-order valence-electron chi connectivity index (χ3n) is 3.43. The Morgan fingerprint density at radius 1 is 1.24 bits per heavy atom. The van der Waals surface area contributed by atoms with E-state index >= 15 is 0 Å². The lowest BCUT2D eigenvalue weighted by molar-refractivity contribution is 0.208. The molecule has 17 heavy (non-hydrogen) atoms. The summed E-state index contributed by atoms with van der Waals surface area (Å²) in [6.45, 7) is 6.66. The quantitative estimate of drug-likeness (QED) is 0.851. The van der Waals surface area contributed by atoms with Gasteiger partial charge in [0.2, 0.25) is 0 Å². The van der Waals surface area contributed by atoms with Crippen LogP contribution < -0.4 is 10.5 Å². The van der Waals surface area contributed by atoms with Crippen LogP contribution in [0.2, 0.25) is 0 Å². The molecule has 2 atom stereocenters. The van der Waals surface area contributed by atoms with E-state index in [1.165, 1.54) is 5.56 Å². The molecule has 2 heteroatoms. The highest BCUT2D eigenvalue weighted by Gasteiger charge is 2.23. The topological polar surface area (TPSA) is 35.2 Å². The molecule has 0 radical (unpaired) electrons. The number of nitrogens with two attached hydrogens (primary N) is 1. The van der Waals surface area contributed by atoms with Crippen LogP contribution >= 0.6 is 0 Å². The van der Waals surface area contributed by atoms with Crippen LogP contribution in [0.15, 0.2) is 24.3 Å². The monoisotopic (exact) mass is 233 g/mol. The lowest BCUT2D eigenvalue weighted by atomic mass is 9.87. The molecule has 0 spiro atoms. The van der Waals surface area contributed by atoms with E-state index in [1.807, 2.05) is 6.07 Å². The molecule has 2 rings (SSSR count). The van der Waals surface area contributed by atoms with E-state index in [2.05, 4.69) is 39.0 Å². The summed E-state index contributed by atoms with van der Waals surface area (Å²) in [6.07, 6.45) is 3.46. The number of hydrogen-bond acceptors (Lipinski definition) is 2. The van der Waals surface area contributed by atoms with Crippen LogP contribution in [0.5, 0.6) is 5.75 Å². The van der Waals surface area contributed by atoms with Gasteiger partial charge in [-0.15, -0.1) is 0 Å². The highest BCUT2D eigenvalue weighted by Crippen LogP contribution is 2.28. The van der Waals surface area contributed by atoms with E-state index in [9.17, 15) is 0 Å². The lowest BCUT2D eigenvalue weighted by Gasteiger charge is -2.21. The maximum Gasteiger partial charge on any atom is 0.120 e. The summed E-state index contributed by atoms with van der Waals surface area (Å²) in [5.41, 5.74) is 7.39. The number of rotatable bonds is 2. The standard InChI is InChI=1S/C15H23NO/c1-15(2,3)11-5-4-6-13(9-11)17-14-8-7-12(16)10-14/h4-6,9,12,14H,7-8,10,16H2,1-3H3. The van der Waals surface area contributed by atoms with Gasteiger partial charge < -0.3 is 10.5 Å². The largest absolute Gasteiger partial charge is 0.490 e. The van der Waals surface area contributed by atoms with E-state index in [0.29, 0.717) is 12.1 Å². The molecule has 2 nitrogen and oxygen atoms in total. The second-order valence-corrected chi connectivity index (χ2v) is 6.09. The minimum Gasteiger partial charge on any atom is -0.490 e. The number of ether oxygens (including phenoxy) is 1. The second-order valence-electron chi connectivity index (χ2n) is 6.09. The van der Waals surface area contributed by atoms with E-state index in [4.69, 9.17) is 10.5 Å². The van der Waals surface area contributed by atoms with Crippen molar-refractivity contribution in [2.24, 2.45) is 5.73 Å². The summed E-state index contributed by atoms with van der Waals surface area (Å²) in [6, 6.07) is 8.76. The van der Waals surface area contributed by atoms with Crippen molar-refractivity contribution >= 4 is 0 Å². The highest BCUT2D eigenvalue weighted by atomic mass is 16.5. The van der Waals surface area contributed by atoms with Gasteiger partial charge in [0.1, 0.15) is 11.9 Å². The molecular weight excluding hydrogens is 210 g/mol. The molecule has 1 aliphatic rings. The van der Waals surface area contributed by atoms with Crippen molar-refractivity contribution in [3.05, 3.63) is 29.8 Å². The van der Waals surface area contributed by atoms with Gasteiger partial charge in [0.05, 0.1) is 0 Å². The van der Waals surface area contributed by atoms with Crippen LogP contribution in [0, 0.1) is 0 Å². The van der Waals surface area contributed by atoms with Crippen molar-refractivity contribution in [1.82, 2.24) is 0 Å². The predicted molar refractivity (Wildman–Crippen MR) is 71.4 cm³/mol. The summed E-state index contributed by atoms with van der Waals surface area (Å²) in [7, 11) is 0. The summed E-state index contributed by atoms with van der Waals surface area (Å²) in [4.78, 5) is 0. The maximum atomic E-state index is 6.00. The third kappa shape index (κ3) is 3.22. The Labute approximate surface area is 104 Å². The molecule has 0 bridgehead atoms. The van der Waals surface area contributed by atoms with Crippen LogP contribution in [-0.2, 0) is 5.41 Å². The van der Waals surface area contributed by atoms with Crippen LogP contribution in [0.4, 0.5) is 0 Å². The molecule has 0 amide bonds. The molecule has 1 fully saturated rings. The average Bonchev–Trinajstić information content (AvgIpc) is 2.63. The molecule has 2 unspecified atom stereocenters. The van der Waals surface area contributed by atoms with E-state index < -0.39 is 0 Å². The zero-order valence-electron chi connectivity index (χ0n) is 11.1. The smallest absolute Gasteiger partial charge is 0.120 e. The van der Waals surface area contributed by atoms with Gasteiger partial charge in [-0.1, -0.05) is 32.9 Å². The Morgan fingerprint density at radius 2 is 2.00 bits per heavy atom. The van der Waals surface area contributed by atoms with Crippen LogP contribution in [-0.4, -0.2) is 12.1 Å². The van der Waals surface area contributed by atoms with Crippen molar-refractivity contribution in [2.45, 2.75) is 57.6 Å². The van der Waals surface area contributed by atoms with Crippen molar-refractivity contribution in [1.29, 1.82) is 0 Å². The van der Waals surface area contributed by atoms with E-state index in [1.54, 1.807) is 0 Å². The molecule has 1 aromatic carbocycles. The van der Waals surface area contributed by atoms with Crippen molar-refractivity contribution in [2.75, 3.05) is 0 Å². The molecule has 0 aromatic heterocycles. The van der Waals surface area contributed by atoms with Gasteiger partial charge in [0.15, 0.2) is 0 Å². The normalized spacial score (nSPS) is 24.9. The molecule has 94 valence electrons. The minimum absolute atomic E-state index is 0.172. The van der Waals surface area contributed by atoms with Crippen molar-refractivity contribution < 1.29 is 4.74 Å². The molecule has 0 aliphatic heterocycles. The summed E-state index contributed by atoms with van der Waals surface area (Å²) in [5.74, 6) is 0.983. The van der Waals surface area contributed by atoms with Crippen LogP contribution in [0.25, 0.3) is 0 Å². The second kappa shape index (κ2) is 4.69. The molecule has 0 saturated heterocycles. The molecule has 2 N–H and O–H groups in total.